The molecule has 7 nitrogen and oxygen atoms in total. The van der Waals surface area contributed by atoms with Crippen molar-refractivity contribution in [3.8, 4) is 0 Å². The number of hydrogen-bond donors (Lipinski definition) is 2. The van der Waals surface area contributed by atoms with Crippen molar-refractivity contribution in [2.24, 2.45) is 0 Å². The van der Waals surface area contributed by atoms with Crippen molar-refractivity contribution in [2.75, 3.05) is 24.7 Å². The second kappa shape index (κ2) is 4.93. The van der Waals surface area contributed by atoms with E-state index in [9.17, 15) is 4.79 Å². The summed E-state index contributed by atoms with van der Waals surface area (Å²) in [5, 5.41) is 0. The van der Waals surface area contributed by atoms with E-state index in [2.05, 4.69) is 15.0 Å². The second-order valence-corrected chi connectivity index (χ2v) is 5.00. The molecule has 0 aliphatic rings. The summed E-state index contributed by atoms with van der Waals surface area (Å²) < 4.78 is 1.57. The minimum absolute atomic E-state index is 0.245. The Labute approximate surface area is 121 Å². The van der Waals surface area contributed by atoms with Crippen molar-refractivity contribution in [3.63, 3.8) is 0 Å². The summed E-state index contributed by atoms with van der Waals surface area (Å²) in [6.07, 6.45) is 0. The minimum atomic E-state index is -0.245. The maximum Gasteiger partial charge on any atom is 0.328 e. The summed E-state index contributed by atoms with van der Waals surface area (Å²) in [7, 11) is 3.65. The van der Waals surface area contributed by atoms with Crippen LogP contribution in [0.5, 0.6) is 0 Å². The maximum atomic E-state index is 12.1. The van der Waals surface area contributed by atoms with Gasteiger partial charge < -0.3 is 15.6 Å². The first-order valence-electron chi connectivity index (χ1n) is 6.53. The number of H-pyrrole nitrogens is 1. The Morgan fingerprint density at radius 2 is 1.95 bits per heavy atom. The maximum absolute atomic E-state index is 12.1. The summed E-state index contributed by atoms with van der Waals surface area (Å²) in [5.41, 5.74) is 7.67. The van der Waals surface area contributed by atoms with E-state index in [-0.39, 0.29) is 11.5 Å². The quantitative estimate of drug-likeness (QED) is 0.742. The van der Waals surface area contributed by atoms with Crippen LogP contribution in [0.3, 0.4) is 0 Å². The lowest BCUT2D eigenvalue weighted by atomic mass is 10.2. The van der Waals surface area contributed by atoms with Crippen molar-refractivity contribution >= 4 is 22.9 Å². The molecule has 3 aromatic rings. The number of nitrogens with one attached hydrogen (secondary N) is 1. The Morgan fingerprint density at radius 1 is 1.24 bits per heavy atom. The second-order valence-electron chi connectivity index (χ2n) is 5.00. The predicted molar refractivity (Wildman–Crippen MR) is 82.4 cm³/mol. The third kappa shape index (κ3) is 2.33. The van der Waals surface area contributed by atoms with E-state index in [0.29, 0.717) is 23.7 Å². The van der Waals surface area contributed by atoms with Gasteiger partial charge >= 0.3 is 5.69 Å². The molecule has 2 aromatic heterocycles. The van der Waals surface area contributed by atoms with Gasteiger partial charge in [0.15, 0.2) is 11.5 Å². The molecule has 0 radical (unpaired) electrons. The number of nitrogens with zero attached hydrogens (tertiary/aromatic N) is 4. The fourth-order valence-electron chi connectivity index (χ4n) is 2.15. The summed E-state index contributed by atoms with van der Waals surface area (Å²) in [6, 6.07) is 9.73. The summed E-state index contributed by atoms with van der Waals surface area (Å²) in [4.78, 5) is 25.2. The molecule has 3 N–H and O–H groups in total. The molecule has 0 aliphatic heterocycles. The van der Waals surface area contributed by atoms with Crippen molar-refractivity contribution in [2.45, 2.75) is 6.54 Å². The molecule has 0 atom stereocenters. The molecule has 0 spiro atoms. The highest BCUT2D eigenvalue weighted by Crippen LogP contribution is 2.18. The highest BCUT2D eigenvalue weighted by molar-refractivity contribution is 5.82. The van der Waals surface area contributed by atoms with Gasteiger partial charge in [-0.2, -0.15) is 9.97 Å². The van der Waals surface area contributed by atoms with Gasteiger partial charge in [0.2, 0.25) is 5.95 Å². The minimum Gasteiger partial charge on any atom is -0.382 e. The molecular formula is C14H16N6O. The highest BCUT2D eigenvalue weighted by atomic mass is 16.1. The predicted octanol–water partition coefficient (Wildman–Crippen LogP) is 0.816. The molecule has 7 heteroatoms. The van der Waals surface area contributed by atoms with Gasteiger partial charge in [0.25, 0.3) is 0 Å². The van der Waals surface area contributed by atoms with Gasteiger partial charge in [-0.25, -0.2) is 4.79 Å². The number of fused-ring (bicyclic) bond motifs is 1. The fraction of sp³-hybridized carbons (Fsp3) is 0.214. The molecule has 0 aliphatic carbocycles. The largest absolute Gasteiger partial charge is 0.382 e. The molecule has 0 amide bonds. The number of aromatic amines is 1. The van der Waals surface area contributed by atoms with Crippen LogP contribution >= 0.6 is 0 Å². The zero-order valence-corrected chi connectivity index (χ0v) is 11.9. The van der Waals surface area contributed by atoms with Crippen molar-refractivity contribution < 1.29 is 0 Å². The lowest BCUT2D eigenvalue weighted by Crippen LogP contribution is -2.18. The Hall–Kier alpha value is -2.83. The Kier molecular flexibility index (Phi) is 3.09. The van der Waals surface area contributed by atoms with Crippen molar-refractivity contribution in [1.29, 1.82) is 0 Å². The average molecular weight is 284 g/mol. The van der Waals surface area contributed by atoms with Crippen molar-refractivity contribution in [3.05, 3.63) is 46.4 Å². The van der Waals surface area contributed by atoms with E-state index >= 15 is 0 Å². The molecule has 3 rings (SSSR count). The van der Waals surface area contributed by atoms with Gasteiger partial charge in [0, 0.05) is 14.1 Å². The number of benzene rings is 1. The SMILES string of the molecule is CN(C)c1nc(N)c2[nH]c(=O)n(Cc3ccccc3)c2n1. The lowest BCUT2D eigenvalue weighted by molar-refractivity contribution is 0.776. The van der Waals surface area contributed by atoms with Crippen LogP contribution in [-0.2, 0) is 6.54 Å². The molecule has 0 bridgehead atoms. The van der Waals surface area contributed by atoms with Crippen LogP contribution in [0.2, 0.25) is 0 Å². The van der Waals surface area contributed by atoms with Crippen LogP contribution in [0.4, 0.5) is 11.8 Å². The van der Waals surface area contributed by atoms with Gasteiger partial charge in [-0.3, -0.25) is 4.57 Å². The number of rotatable bonds is 3. The van der Waals surface area contributed by atoms with Crippen LogP contribution in [0.15, 0.2) is 35.1 Å². The Bertz CT molecular complexity index is 834. The molecule has 21 heavy (non-hydrogen) atoms. The fourth-order valence-corrected chi connectivity index (χ4v) is 2.15. The summed E-state index contributed by atoms with van der Waals surface area (Å²) in [6.45, 7) is 0.434. The van der Waals surface area contributed by atoms with Gasteiger partial charge in [0.1, 0.15) is 5.52 Å². The van der Waals surface area contributed by atoms with E-state index in [1.54, 1.807) is 9.47 Å². The van der Waals surface area contributed by atoms with Gasteiger partial charge in [0.05, 0.1) is 6.54 Å². The van der Waals surface area contributed by atoms with E-state index < -0.39 is 0 Å². The van der Waals surface area contributed by atoms with E-state index in [1.807, 2.05) is 44.4 Å². The van der Waals surface area contributed by atoms with Crippen molar-refractivity contribution in [1.82, 2.24) is 19.5 Å². The summed E-state index contributed by atoms with van der Waals surface area (Å²) >= 11 is 0. The number of anilines is 2. The average Bonchev–Trinajstić information content (AvgIpc) is 2.77. The van der Waals surface area contributed by atoms with Crippen LogP contribution in [0.25, 0.3) is 11.2 Å². The van der Waals surface area contributed by atoms with E-state index in [4.69, 9.17) is 5.73 Å². The van der Waals surface area contributed by atoms with E-state index in [1.165, 1.54) is 0 Å². The van der Waals surface area contributed by atoms with Crippen LogP contribution in [0, 0.1) is 0 Å². The topological polar surface area (TPSA) is 92.8 Å². The number of imidazole rings is 1. The Morgan fingerprint density at radius 3 is 2.62 bits per heavy atom. The van der Waals surface area contributed by atoms with Crippen LogP contribution in [0.1, 0.15) is 5.56 Å². The standard InChI is InChI=1S/C14H16N6O/c1-19(2)13-17-11(15)10-12(18-13)20(14(21)16-10)8-9-6-4-3-5-7-9/h3-7H,8H2,1-2H3,(H,16,21)(H2,15,17,18). The molecular weight excluding hydrogens is 268 g/mol. The first-order chi connectivity index (χ1) is 10.1. The van der Waals surface area contributed by atoms with Crippen LogP contribution in [-0.4, -0.2) is 33.6 Å². The van der Waals surface area contributed by atoms with Gasteiger partial charge in [-0.15, -0.1) is 0 Å². The first kappa shape index (κ1) is 13.2. The van der Waals surface area contributed by atoms with E-state index in [0.717, 1.165) is 5.56 Å². The number of hydrogen-bond acceptors (Lipinski definition) is 5. The zero-order valence-electron chi connectivity index (χ0n) is 11.9. The third-order valence-corrected chi connectivity index (χ3v) is 3.22. The van der Waals surface area contributed by atoms with Crippen LogP contribution < -0.4 is 16.3 Å². The first-order valence-corrected chi connectivity index (χ1v) is 6.53. The highest BCUT2D eigenvalue weighted by Gasteiger charge is 2.14. The molecule has 2 heterocycles. The van der Waals surface area contributed by atoms with Gasteiger partial charge in [-0.1, -0.05) is 30.3 Å². The molecule has 108 valence electrons. The molecule has 0 fully saturated rings. The molecule has 0 saturated heterocycles. The zero-order chi connectivity index (χ0) is 15.0. The third-order valence-electron chi connectivity index (χ3n) is 3.22. The Balaban J connectivity index is 2.18. The summed E-state index contributed by atoms with van der Waals surface area (Å²) in [5.74, 6) is 0.744. The smallest absolute Gasteiger partial charge is 0.328 e. The number of nitrogens with two attached hydrogens (primary N) is 1. The normalized spacial score (nSPS) is 11.0. The lowest BCUT2D eigenvalue weighted by Gasteiger charge is -2.11. The molecule has 0 unspecified atom stereocenters. The number of nitrogen functional groups attached to an aromatic ring is 1. The number of aromatic nitrogens is 4. The van der Waals surface area contributed by atoms with Gasteiger partial charge in [-0.05, 0) is 5.56 Å². The molecule has 0 saturated carbocycles. The molecule has 1 aromatic carbocycles. The monoisotopic (exact) mass is 284 g/mol.